The fourth-order valence-electron chi connectivity index (χ4n) is 3.40. The smallest absolute Gasteiger partial charge is 0.318 e. The lowest BCUT2D eigenvalue weighted by molar-refractivity contribution is 0.252. The normalized spacial score (nSPS) is 11.2. The Kier molecular flexibility index (Phi) is 5.63. The number of benzene rings is 2. The van der Waals surface area contributed by atoms with Crippen LogP contribution in [0.5, 0.6) is 0 Å². The van der Waals surface area contributed by atoms with Crippen molar-refractivity contribution in [3.63, 3.8) is 0 Å². The van der Waals surface area contributed by atoms with Gasteiger partial charge in [-0.3, -0.25) is 4.98 Å². The van der Waals surface area contributed by atoms with Gasteiger partial charge in [0.1, 0.15) is 0 Å². The van der Waals surface area contributed by atoms with Crippen LogP contribution in [0.2, 0.25) is 0 Å². The lowest BCUT2D eigenvalue weighted by atomic mass is 10.2. The highest BCUT2D eigenvalue weighted by atomic mass is 79.9. The van der Waals surface area contributed by atoms with Crippen molar-refractivity contribution >= 4 is 44.8 Å². The van der Waals surface area contributed by atoms with E-state index >= 15 is 0 Å². The number of urea groups is 1. The van der Waals surface area contributed by atoms with Crippen molar-refractivity contribution in [2.24, 2.45) is 5.10 Å². The Morgan fingerprint density at radius 1 is 1.10 bits per heavy atom. The van der Waals surface area contributed by atoms with Gasteiger partial charge in [0.05, 0.1) is 11.7 Å². The average molecular weight is 462 g/mol. The number of halogens is 1. The molecular weight excluding hydrogens is 442 g/mol. The summed E-state index contributed by atoms with van der Waals surface area (Å²) < 4.78 is 3.05. The number of aromatic nitrogens is 2. The van der Waals surface area contributed by atoms with Crippen molar-refractivity contribution in [1.29, 1.82) is 0 Å². The zero-order valence-electron chi connectivity index (χ0n) is 16.6. The molecule has 0 atom stereocenters. The zero-order valence-corrected chi connectivity index (χ0v) is 18.1. The van der Waals surface area contributed by atoms with E-state index in [1.165, 1.54) is 0 Å². The first-order valence-corrected chi connectivity index (χ1v) is 10.2. The number of carbonyl (C=O) groups is 1. The fraction of sp³-hybridized carbons (Fsp3) is 0.0870. The number of nitrogens with zero attached hydrogens (tertiary/aromatic N) is 3. The van der Waals surface area contributed by atoms with E-state index in [0.717, 1.165) is 38.0 Å². The first-order chi connectivity index (χ1) is 14.5. The molecule has 2 amide bonds. The quantitative estimate of drug-likeness (QED) is 0.308. The van der Waals surface area contributed by atoms with Gasteiger partial charge in [-0.1, -0.05) is 28.1 Å². The summed E-state index contributed by atoms with van der Waals surface area (Å²) in [6.07, 6.45) is 3.45. The Hall–Kier alpha value is -3.45. The number of hydrazone groups is 1. The van der Waals surface area contributed by atoms with Crippen LogP contribution in [0.3, 0.4) is 0 Å². The molecule has 30 heavy (non-hydrogen) atoms. The highest BCUT2D eigenvalue weighted by Crippen LogP contribution is 2.23. The number of nitrogens with one attached hydrogen (secondary N) is 2. The molecule has 0 unspecified atom stereocenters. The van der Waals surface area contributed by atoms with E-state index < -0.39 is 6.03 Å². The summed E-state index contributed by atoms with van der Waals surface area (Å²) in [6, 6.07) is 19.2. The van der Waals surface area contributed by atoms with Crippen LogP contribution in [-0.2, 0) is 0 Å². The number of fused-ring (bicyclic) bond motifs is 1. The fourth-order valence-corrected chi connectivity index (χ4v) is 3.80. The van der Waals surface area contributed by atoms with E-state index in [4.69, 9.17) is 0 Å². The van der Waals surface area contributed by atoms with Crippen LogP contribution < -0.4 is 10.7 Å². The van der Waals surface area contributed by atoms with Gasteiger partial charge in [0.2, 0.25) is 0 Å². The molecule has 0 saturated carbocycles. The predicted octanol–water partition coefficient (Wildman–Crippen LogP) is 5.56. The molecule has 150 valence electrons. The zero-order chi connectivity index (χ0) is 21.1. The van der Waals surface area contributed by atoms with E-state index in [2.05, 4.69) is 59.5 Å². The molecule has 0 spiro atoms. The van der Waals surface area contributed by atoms with Crippen LogP contribution in [0, 0.1) is 13.8 Å². The first kappa shape index (κ1) is 19.8. The minimum absolute atomic E-state index is 0.403. The Bertz CT molecular complexity index is 1260. The van der Waals surface area contributed by atoms with Crippen molar-refractivity contribution < 1.29 is 4.79 Å². The molecule has 7 heteroatoms. The van der Waals surface area contributed by atoms with Crippen LogP contribution >= 0.6 is 15.9 Å². The second-order valence-corrected chi connectivity index (χ2v) is 7.79. The van der Waals surface area contributed by atoms with Gasteiger partial charge < -0.3 is 9.88 Å². The van der Waals surface area contributed by atoms with Crippen LogP contribution in [0.15, 0.2) is 76.4 Å². The van der Waals surface area contributed by atoms with Gasteiger partial charge in [-0.05, 0) is 62.4 Å². The molecule has 0 radical (unpaired) electrons. The van der Waals surface area contributed by atoms with Crippen molar-refractivity contribution in [2.45, 2.75) is 13.8 Å². The molecule has 0 fully saturated rings. The molecule has 4 rings (SSSR count). The summed E-state index contributed by atoms with van der Waals surface area (Å²) in [5.41, 5.74) is 8.26. The summed E-state index contributed by atoms with van der Waals surface area (Å²) in [7, 11) is 0. The predicted molar refractivity (Wildman–Crippen MR) is 124 cm³/mol. The van der Waals surface area contributed by atoms with Crippen LogP contribution in [0.25, 0.3) is 16.6 Å². The third kappa shape index (κ3) is 4.26. The molecule has 6 nitrogen and oxygen atoms in total. The molecule has 2 heterocycles. The van der Waals surface area contributed by atoms with Crippen LogP contribution in [0.1, 0.15) is 17.0 Å². The summed E-state index contributed by atoms with van der Waals surface area (Å²) in [5.74, 6) is 0. The molecule has 4 aromatic rings. The summed E-state index contributed by atoms with van der Waals surface area (Å²) >= 11 is 3.38. The second kappa shape index (κ2) is 8.51. The number of aryl methyl sites for hydroxylation is 1. The molecule has 0 aliphatic rings. The Balaban J connectivity index is 1.50. The molecular formula is C23H20BrN5O. The van der Waals surface area contributed by atoms with E-state index in [1.54, 1.807) is 18.5 Å². The standard InChI is InChI=1S/C23H20BrN5O/c1-15-11-18(14-26-28-23(30)27-20-7-3-6-19(24)13-20)16(2)29(15)21-8-9-22-17(12-21)5-4-10-25-22/h3-14H,1-2H3,(H2,27,28,30)/b26-14+. The number of carbonyl (C=O) groups excluding carboxylic acids is 1. The van der Waals surface area contributed by atoms with Crippen molar-refractivity contribution in [3.05, 3.63) is 88.3 Å². The largest absolute Gasteiger partial charge is 0.339 e. The van der Waals surface area contributed by atoms with Crippen LogP contribution in [-0.4, -0.2) is 21.8 Å². The monoisotopic (exact) mass is 461 g/mol. The minimum atomic E-state index is -0.403. The Labute approximate surface area is 182 Å². The highest BCUT2D eigenvalue weighted by Gasteiger charge is 2.10. The van der Waals surface area contributed by atoms with Gasteiger partial charge in [0.15, 0.2) is 0 Å². The van der Waals surface area contributed by atoms with Gasteiger partial charge in [-0.15, -0.1) is 0 Å². The average Bonchev–Trinajstić information content (AvgIpc) is 3.01. The topological polar surface area (TPSA) is 71.3 Å². The maximum Gasteiger partial charge on any atom is 0.339 e. The number of rotatable bonds is 4. The summed E-state index contributed by atoms with van der Waals surface area (Å²) in [5, 5.41) is 7.92. The first-order valence-electron chi connectivity index (χ1n) is 9.41. The highest BCUT2D eigenvalue weighted by molar-refractivity contribution is 9.10. The summed E-state index contributed by atoms with van der Waals surface area (Å²) in [4.78, 5) is 16.4. The maximum atomic E-state index is 12.1. The van der Waals surface area contributed by atoms with Crippen molar-refractivity contribution in [1.82, 2.24) is 15.0 Å². The maximum absolute atomic E-state index is 12.1. The number of pyridine rings is 1. The molecule has 2 N–H and O–H groups in total. The Morgan fingerprint density at radius 3 is 2.80 bits per heavy atom. The third-order valence-electron chi connectivity index (χ3n) is 4.77. The third-order valence-corrected chi connectivity index (χ3v) is 5.26. The molecule has 0 bridgehead atoms. The van der Waals surface area contributed by atoms with Gasteiger partial charge in [-0.2, -0.15) is 5.10 Å². The van der Waals surface area contributed by atoms with E-state index in [1.807, 2.05) is 50.2 Å². The van der Waals surface area contributed by atoms with Crippen molar-refractivity contribution in [3.8, 4) is 5.69 Å². The number of anilines is 1. The summed E-state index contributed by atoms with van der Waals surface area (Å²) in [6.45, 7) is 4.08. The van der Waals surface area contributed by atoms with Gasteiger partial charge in [0.25, 0.3) is 0 Å². The molecule has 2 aromatic carbocycles. The number of amides is 2. The van der Waals surface area contributed by atoms with Gasteiger partial charge >= 0.3 is 6.03 Å². The van der Waals surface area contributed by atoms with E-state index in [-0.39, 0.29) is 0 Å². The van der Waals surface area contributed by atoms with E-state index in [0.29, 0.717) is 5.69 Å². The van der Waals surface area contributed by atoms with Gasteiger partial charge in [0, 0.05) is 44.4 Å². The van der Waals surface area contributed by atoms with Crippen LogP contribution in [0.4, 0.5) is 10.5 Å². The van der Waals surface area contributed by atoms with Crippen molar-refractivity contribution in [2.75, 3.05) is 5.32 Å². The molecule has 0 aliphatic heterocycles. The molecule has 0 aliphatic carbocycles. The number of hydrogen-bond acceptors (Lipinski definition) is 3. The lowest BCUT2D eigenvalue weighted by Gasteiger charge is -2.10. The number of hydrogen-bond donors (Lipinski definition) is 2. The molecule has 0 saturated heterocycles. The molecule has 2 aromatic heterocycles. The minimum Gasteiger partial charge on any atom is -0.318 e. The lowest BCUT2D eigenvalue weighted by Crippen LogP contribution is -2.24. The van der Waals surface area contributed by atoms with E-state index in [9.17, 15) is 4.79 Å². The SMILES string of the molecule is Cc1cc(/C=N/NC(=O)Nc2cccc(Br)c2)c(C)n1-c1ccc2ncccc2c1. The second-order valence-electron chi connectivity index (χ2n) is 6.88. The Morgan fingerprint density at radius 2 is 1.97 bits per heavy atom. The van der Waals surface area contributed by atoms with Gasteiger partial charge in [-0.25, -0.2) is 10.2 Å².